The number of hydrogen-bond acceptors (Lipinski definition) is 4. The Balaban J connectivity index is 1.48. The van der Waals surface area contributed by atoms with Gasteiger partial charge in [-0.15, -0.1) is 0 Å². The molecule has 0 radical (unpaired) electrons. The zero-order chi connectivity index (χ0) is 24.6. The number of carbonyl (C=O) groups excluding carboxylic acids is 3. The first-order valence-electron chi connectivity index (χ1n) is 12.6. The van der Waals surface area contributed by atoms with Gasteiger partial charge in [0.15, 0.2) is 0 Å². The summed E-state index contributed by atoms with van der Waals surface area (Å²) in [6.07, 6.45) is 6.44. The molecular weight excluding hydrogens is 442 g/mol. The number of nitrogens with one attached hydrogen (secondary N) is 2. The van der Waals surface area contributed by atoms with Crippen LogP contribution in [-0.4, -0.2) is 48.4 Å². The molecule has 2 aromatic rings. The average molecular weight is 478 g/mol. The Morgan fingerprint density at radius 2 is 1.74 bits per heavy atom. The lowest BCUT2D eigenvalue weighted by Crippen LogP contribution is -2.56. The molecule has 186 valence electrons. The fraction of sp³-hybridized carbons (Fsp3) is 0.464. The van der Waals surface area contributed by atoms with E-state index in [0.29, 0.717) is 30.8 Å². The van der Waals surface area contributed by atoms with E-state index in [1.165, 1.54) is 0 Å². The number of likely N-dealkylation sites (tertiary alicyclic amines) is 1. The van der Waals surface area contributed by atoms with Crippen LogP contribution in [0.4, 0.5) is 0 Å². The van der Waals surface area contributed by atoms with Gasteiger partial charge in [-0.05, 0) is 55.4 Å². The molecule has 2 N–H and O–H groups in total. The zero-order valence-electron chi connectivity index (χ0n) is 20.4. The van der Waals surface area contributed by atoms with Crippen LogP contribution in [-0.2, 0) is 16.1 Å². The number of methoxy groups -OCH3 is 1. The van der Waals surface area contributed by atoms with Gasteiger partial charge in [-0.1, -0.05) is 55.7 Å². The summed E-state index contributed by atoms with van der Waals surface area (Å²) in [5, 5.41) is 6.02. The third-order valence-corrected chi connectivity index (χ3v) is 7.15. The highest BCUT2D eigenvalue weighted by molar-refractivity contribution is 5.99. The Kier molecular flexibility index (Phi) is 8.40. The number of nitrogens with zero attached hydrogens (tertiary/aromatic N) is 1. The smallest absolute Gasteiger partial charge is 0.252 e. The molecule has 2 aromatic carbocycles. The van der Waals surface area contributed by atoms with Crippen molar-refractivity contribution in [2.75, 3.05) is 13.7 Å². The van der Waals surface area contributed by atoms with Crippen molar-refractivity contribution >= 4 is 17.7 Å². The lowest BCUT2D eigenvalue weighted by Gasteiger charge is -2.34. The van der Waals surface area contributed by atoms with Crippen molar-refractivity contribution < 1.29 is 19.1 Å². The highest BCUT2D eigenvalue weighted by atomic mass is 16.5. The summed E-state index contributed by atoms with van der Waals surface area (Å²) >= 11 is 0. The van der Waals surface area contributed by atoms with E-state index in [1.54, 1.807) is 36.3 Å². The van der Waals surface area contributed by atoms with E-state index in [2.05, 4.69) is 10.6 Å². The molecule has 3 amide bonds. The van der Waals surface area contributed by atoms with Crippen LogP contribution < -0.4 is 15.4 Å². The van der Waals surface area contributed by atoms with Crippen LogP contribution in [0.15, 0.2) is 54.6 Å². The second-order valence-corrected chi connectivity index (χ2v) is 9.47. The maximum atomic E-state index is 13.8. The van der Waals surface area contributed by atoms with Crippen molar-refractivity contribution in [3.8, 4) is 5.75 Å². The van der Waals surface area contributed by atoms with Crippen molar-refractivity contribution in [1.82, 2.24) is 15.5 Å². The fourth-order valence-corrected chi connectivity index (χ4v) is 5.22. The molecule has 1 aliphatic heterocycles. The van der Waals surface area contributed by atoms with Crippen LogP contribution in [0.3, 0.4) is 0 Å². The predicted octanol–water partition coefficient (Wildman–Crippen LogP) is 3.68. The first kappa shape index (κ1) is 24.8. The lowest BCUT2D eigenvalue weighted by molar-refractivity contribution is -0.141. The average Bonchev–Trinajstić information content (AvgIpc) is 3.41. The zero-order valence-corrected chi connectivity index (χ0v) is 20.4. The Morgan fingerprint density at radius 3 is 2.49 bits per heavy atom. The van der Waals surface area contributed by atoms with Gasteiger partial charge in [0, 0.05) is 18.7 Å². The summed E-state index contributed by atoms with van der Waals surface area (Å²) in [5.74, 6) is 0.0798. The van der Waals surface area contributed by atoms with Gasteiger partial charge in [-0.2, -0.15) is 0 Å². The van der Waals surface area contributed by atoms with Gasteiger partial charge in [0.25, 0.3) is 5.91 Å². The SMILES string of the molecule is COc1cccc(C(=O)N[C@H](C(=O)N2CCC[C@H]2C(=O)NCc2ccccc2)C2CCCCC2)c1. The molecule has 1 saturated heterocycles. The van der Waals surface area contributed by atoms with Crippen molar-refractivity contribution in [2.24, 2.45) is 5.92 Å². The van der Waals surface area contributed by atoms with Crippen molar-refractivity contribution in [1.29, 1.82) is 0 Å². The number of benzene rings is 2. The van der Waals surface area contributed by atoms with Crippen molar-refractivity contribution in [3.63, 3.8) is 0 Å². The molecular formula is C28H35N3O4. The van der Waals surface area contributed by atoms with Gasteiger partial charge in [0.1, 0.15) is 17.8 Å². The number of amides is 3. The van der Waals surface area contributed by atoms with E-state index in [0.717, 1.165) is 44.1 Å². The van der Waals surface area contributed by atoms with Gasteiger partial charge in [-0.3, -0.25) is 14.4 Å². The second kappa shape index (κ2) is 11.9. The quantitative estimate of drug-likeness (QED) is 0.607. The van der Waals surface area contributed by atoms with Crippen LogP contribution in [0.5, 0.6) is 5.75 Å². The van der Waals surface area contributed by atoms with Gasteiger partial charge >= 0.3 is 0 Å². The number of ether oxygens (including phenoxy) is 1. The van der Waals surface area contributed by atoms with Crippen molar-refractivity contribution in [3.05, 3.63) is 65.7 Å². The highest BCUT2D eigenvalue weighted by Gasteiger charge is 2.40. The lowest BCUT2D eigenvalue weighted by atomic mass is 9.83. The summed E-state index contributed by atoms with van der Waals surface area (Å²) in [6.45, 7) is 0.956. The molecule has 2 atom stereocenters. The summed E-state index contributed by atoms with van der Waals surface area (Å²) in [5.41, 5.74) is 1.47. The van der Waals surface area contributed by atoms with E-state index in [-0.39, 0.29) is 23.6 Å². The summed E-state index contributed by atoms with van der Waals surface area (Å²) < 4.78 is 5.25. The minimum absolute atomic E-state index is 0.0689. The highest BCUT2D eigenvalue weighted by Crippen LogP contribution is 2.29. The molecule has 0 unspecified atom stereocenters. The van der Waals surface area contributed by atoms with E-state index in [1.807, 2.05) is 30.3 Å². The Labute approximate surface area is 207 Å². The normalized spacial score (nSPS) is 19.1. The third kappa shape index (κ3) is 6.21. The number of rotatable bonds is 8. The molecule has 0 bridgehead atoms. The van der Waals surface area contributed by atoms with Gasteiger partial charge in [-0.25, -0.2) is 0 Å². The molecule has 7 nitrogen and oxygen atoms in total. The van der Waals surface area contributed by atoms with Gasteiger partial charge in [0.05, 0.1) is 7.11 Å². The Morgan fingerprint density at radius 1 is 0.971 bits per heavy atom. The van der Waals surface area contributed by atoms with E-state index < -0.39 is 12.1 Å². The molecule has 0 spiro atoms. The monoisotopic (exact) mass is 477 g/mol. The van der Waals surface area contributed by atoms with Gasteiger partial charge < -0.3 is 20.3 Å². The molecule has 2 aliphatic rings. The Bertz CT molecular complexity index is 1020. The fourth-order valence-electron chi connectivity index (χ4n) is 5.22. The molecule has 4 rings (SSSR count). The molecule has 35 heavy (non-hydrogen) atoms. The van der Waals surface area contributed by atoms with Crippen LogP contribution in [0.1, 0.15) is 60.9 Å². The molecule has 0 aromatic heterocycles. The minimum atomic E-state index is -0.642. The van der Waals surface area contributed by atoms with E-state index in [9.17, 15) is 14.4 Å². The standard InChI is InChI=1S/C28H35N3O4/c1-35-23-15-8-14-22(18-23)26(32)30-25(21-12-6-3-7-13-21)28(34)31-17-9-16-24(31)27(33)29-19-20-10-4-2-5-11-20/h2,4-5,8,10-11,14-15,18,21,24-25H,3,6-7,9,12-13,16-17,19H2,1H3,(H,29,33)(H,30,32)/t24-,25-/m0/s1. The van der Waals surface area contributed by atoms with Crippen LogP contribution in [0.2, 0.25) is 0 Å². The topological polar surface area (TPSA) is 87.7 Å². The molecule has 2 fully saturated rings. The largest absolute Gasteiger partial charge is 0.497 e. The predicted molar refractivity (Wildman–Crippen MR) is 134 cm³/mol. The third-order valence-electron chi connectivity index (χ3n) is 7.15. The second-order valence-electron chi connectivity index (χ2n) is 9.47. The summed E-state index contributed by atoms with van der Waals surface area (Å²) in [6, 6.07) is 15.5. The van der Waals surface area contributed by atoms with Crippen LogP contribution >= 0.6 is 0 Å². The van der Waals surface area contributed by atoms with E-state index in [4.69, 9.17) is 4.74 Å². The summed E-state index contributed by atoms with van der Waals surface area (Å²) in [7, 11) is 1.56. The van der Waals surface area contributed by atoms with Crippen LogP contribution in [0, 0.1) is 5.92 Å². The Hall–Kier alpha value is -3.35. The number of hydrogen-bond donors (Lipinski definition) is 2. The first-order valence-corrected chi connectivity index (χ1v) is 12.6. The van der Waals surface area contributed by atoms with Crippen LogP contribution in [0.25, 0.3) is 0 Å². The first-order chi connectivity index (χ1) is 17.1. The maximum Gasteiger partial charge on any atom is 0.252 e. The maximum absolute atomic E-state index is 13.8. The molecule has 1 saturated carbocycles. The molecule has 1 aliphatic carbocycles. The molecule has 7 heteroatoms. The number of carbonyl (C=O) groups is 3. The molecule has 1 heterocycles. The summed E-state index contributed by atoms with van der Waals surface area (Å²) in [4.78, 5) is 41.7. The minimum Gasteiger partial charge on any atom is -0.497 e. The van der Waals surface area contributed by atoms with Crippen molar-refractivity contribution in [2.45, 2.75) is 63.6 Å². The van der Waals surface area contributed by atoms with Gasteiger partial charge in [0.2, 0.25) is 11.8 Å². The van der Waals surface area contributed by atoms with E-state index >= 15 is 0 Å².